The highest BCUT2D eigenvalue weighted by molar-refractivity contribution is 5.95. The van der Waals surface area contributed by atoms with E-state index in [0.29, 0.717) is 6.54 Å². The van der Waals surface area contributed by atoms with Crippen molar-refractivity contribution in [3.05, 3.63) is 35.1 Å². The Balaban J connectivity index is 2.28. The van der Waals surface area contributed by atoms with Crippen LogP contribution in [-0.4, -0.2) is 34.6 Å². The van der Waals surface area contributed by atoms with Crippen molar-refractivity contribution in [3.63, 3.8) is 0 Å². The second kappa shape index (κ2) is 5.70. The van der Waals surface area contributed by atoms with E-state index >= 15 is 0 Å². The molecule has 0 radical (unpaired) electrons. The first-order valence-corrected chi connectivity index (χ1v) is 6.76. The van der Waals surface area contributed by atoms with Gasteiger partial charge in [0.05, 0.1) is 17.7 Å². The second-order valence-electron chi connectivity index (χ2n) is 5.29. The molecule has 1 fully saturated rings. The molecule has 0 aliphatic carbocycles. The molecule has 0 aromatic heterocycles. The molecule has 0 saturated carbocycles. The zero-order valence-corrected chi connectivity index (χ0v) is 11.4. The Kier molecular flexibility index (Phi) is 4.20. The molecule has 2 atom stereocenters. The number of hydrogen-bond donors (Lipinski definition) is 1. The molecule has 0 spiro atoms. The largest absolute Gasteiger partial charge is 0.391 e. The summed E-state index contributed by atoms with van der Waals surface area (Å²) in [5.74, 6) is -0.808. The smallest absolute Gasteiger partial charge is 0.257 e. The van der Waals surface area contributed by atoms with Crippen molar-refractivity contribution in [1.82, 2.24) is 4.90 Å². The third-order valence-electron chi connectivity index (χ3n) is 3.72. The first-order chi connectivity index (χ1) is 9.00. The van der Waals surface area contributed by atoms with Gasteiger partial charge in [0.15, 0.2) is 0 Å². The number of rotatable bonds is 2. The van der Waals surface area contributed by atoms with E-state index in [0.717, 1.165) is 24.8 Å². The van der Waals surface area contributed by atoms with Crippen LogP contribution in [0.5, 0.6) is 0 Å². The van der Waals surface area contributed by atoms with Gasteiger partial charge in [-0.15, -0.1) is 0 Å². The number of amides is 1. The average Bonchev–Trinajstić information content (AvgIpc) is 2.40. The van der Waals surface area contributed by atoms with Crippen LogP contribution >= 0.6 is 0 Å². The Hall–Kier alpha value is -1.42. The number of carbonyl (C=O) groups is 1. The van der Waals surface area contributed by atoms with E-state index in [1.165, 1.54) is 6.07 Å². The van der Waals surface area contributed by atoms with Crippen molar-refractivity contribution in [2.24, 2.45) is 0 Å². The van der Waals surface area contributed by atoms with E-state index in [-0.39, 0.29) is 17.5 Å². The molecule has 2 rings (SSSR count). The number of aryl methyl sites for hydroxylation is 1. The number of nitrogens with zero attached hydrogens (tertiary/aromatic N) is 1. The van der Waals surface area contributed by atoms with Crippen LogP contribution in [0.4, 0.5) is 4.39 Å². The van der Waals surface area contributed by atoms with Gasteiger partial charge in [-0.3, -0.25) is 4.79 Å². The van der Waals surface area contributed by atoms with Gasteiger partial charge in [-0.25, -0.2) is 4.39 Å². The summed E-state index contributed by atoms with van der Waals surface area (Å²) in [5.41, 5.74) is 0.961. The van der Waals surface area contributed by atoms with E-state index in [9.17, 15) is 14.3 Å². The third-order valence-corrected chi connectivity index (χ3v) is 3.72. The summed E-state index contributed by atoms with van der Waals surface area (Å²) in [6, 6.07) is 4.34. The quantitative estimate of drug-likeness (QED) is 0.892. The highest BCUT2D eigenvalue weighted by Crippen LogP contribution is 2.23. The van der Waals surface area contributed by atoms with Crippen molar-refractivity contribution in [2.75, 3.05) is 6.54 Å². The van der Waals surface area contributed by atoms with Gasteiger partial charge in [-0.05, 0) is 45.2 Å². The predicted octanol–water partition coefficient (Wildman–Crippen LogP) is 2.51. The van der Waals surface area contributed by atoms with Crippen molar-refractivity contribution in [3.8, 4) is 0 Å². The lowest BCUT2D eigenvalue weighted by Gasteiger charge is -2.37. The van der Waals surface area contributed by atoms with Gasteiger partial charge in [0.25, 0.3) is 5.91 Å². The number of aliphatic hydroxyl groups is 1. The van der Waals surface area contributed by atoms with Crippen LogP contribution in [0.2, 0.25) is 0 Å². The molecule has 1 N–H and O–H groups in total. The van der Waals surface area contributed by atoms with E-state index < -0.39 is 11.9 Å². The molecule has 0 unspecified atom stereocenters. The summed E-state index contributed by atoms with van der Waals surface area (Å²) in [7, 11) is 0. The van der Waals surface area contributed by atoms with Crippen LogP contribution in [0.3, 0.4) is 0 Å². The van der Waals surface area contributed by atoms with Gasteiger partial charge >= 0.3 is 0 Å². The zero-order chi connectivity index (χ0) is 14.0. The molecule has 1 aromatic rings. The van der Waals surface area contributed by atoms with Crippen LogP contribution in [0, 0.1) is 12.7 Å². The minimum absolute atomic E-state index is 0.104. The molecule has 1 aliphatic heterocycles. The third kappa shape index (κ3) is 2.95. The van der Waals surface area contributed by atoms with Crippen molar-refractivity contribution in [1.29, 1.82) is 0 Å². The SMILES string of the molecule is Cc1ccc(F)c(C(=O)N2CCCC[C@@H]2[C@@H](C)O)c1. The van der Waals surface area contributed by atoms with Crippen molar-refractivity contribution < 1.29 is 14.3 Å². The summed E-state index contributed by atoms with van der Waals surface area (Å²) in [6.07, 6.45) is 2.09. The molecule has 19 heavy (non-hydrogen) atoms. The molecule has 4 heteroatoms. The summed E-state index contributed by atoms with van der Waals surface area (Å²) < 4.78 is 13.8. The lowest BCUT2D eigenvalue weighted by Crippen LogP contribution is -2.49. The predicted molar refractivity (Wildman–Crippen MR) is 71.5 cm³/mol. The molecule has 1 saturated heterocycles. The molecule has 1 heterocycles. The minimum atomic E-state index is -0.586. The van der Waals surface area contributed by atoms with E-state index in [2.05, 4.69) is 0 Å². The number of piperidine rings is 1. The van der Waals surface area contributed by atoms with Crippen LogP contribution in [0.25, 0.3) is 0 Å². The number of carbonyl (C=O) groups excluding carboxylic acids is 1. The first kappa shape index (κ1) is 14.0. The normalized spacial score (nSPS) is 21.3. The fourth-order valence-corrected chi connectivity index (χ4v) is 2.67. The summed E-state index contributed by atoms with van der Waals surface area (Å²) in [6.45, 7) is 4.10. The standard InChI is InChI=1S/C15H20FNO2/c1-10-6-7-13(16)12(9-10)15(19)17-8-4-3-5-14(17)11(2)18/h6-7,9,11,14,18H,3-5,8H2,1-2H3/t11-,14-/m1/s1. The lowest BCUT2D eigenvalue weighted by atomic mass is 9.96. The molecular formula is C15H20FNO2. The number of halogens is 1. The van der Waals surface area contributed by atoms with Gasteiger partial charge in [-0.1, -0.05) is 11.6 Å². The molecule has 1 aromatic carbocycles. The highest BCUT2D eigenvalue weighted by Gasteiger charge is 2.31. The van der Waals surface area contributed by atoms with Crippen LogP contribution in [-0.2, 0) is 0 Å². The number of aliphatic hydroxyl groups excluding tert-OH is 1. The minimum Gasteiger partial charge on any atom is -0.391 e. The Morgan fingerprint density at radius 2 is 2.21 bits per heavy atom. The molecular weight excluding hydrogens is 245 g/mol. The number of benzene rings is 1. The molecule has 104 valence electrons. The zero-order valence-electron chi connectivity index (χ0n) is 11.4. The maximum absolute atomic E-state index is 13.8. The molecule has 0 bridgehead atoms. The number of hydrogen-bond acceptors (Lipinski definition) is 2. The molecule has 1 aliphatic rings. The van der Waals surface area contributed by atoms with Gasteiger partial charge in [0, 0.05) is 6.54 Å². The maximum Gasteiger partial charge on any atom is 0.257 e. The highest BCUT2D eigenvalue weighted by atomic mass is 19.1. The fourth-order valence-electron chi connectivity index (χ4n) is 2.67. The van der Waals surface area contributed by atoms with Crippen LogP contribution in [0.1, 0.15) is 42.1 Å². The monoisotopic (exact) mass is 265 g/mol. The van der Waals surface area contributed by atoms with Gasteiger partial charge in [-0.2, -0.15) is 0 Å². The average molecular weight is 265 g/mol. The Bertz CT molecular complexity index is 473. The van der Waals surface area contributed by atoms with Gasteiger partial charge < -0.3 is 10.0 Å². The van der Waals surface area contributed by atoms with Gasteiger partial charge in [0.1, 0.15) is 5.82 Å². The Morgan fingerprint density at radius 1 is 1.47 bits per heavy atom. The summed E-state index contributed by atoms with van der Waals surface area (Å²) >= 11 is 0. The van der Waals surface area contributed by atoms with Crippen LogP contribution < -0.4 is 0 Å². The summed E-state index contributed by atoms with van der Waals surface area (Å²) in [4.78, 5) is 14.1. The lowest BCUT2D eigenvalue weighted by molar-refractivity contribution is 0.0277. The maximum atomic E-state index is 13.8. The first-order valence-electron chi connectivity index (χ1n) is 6.76. The topological polar surface area (TPSA) is 40.5 Å². The number of likely N-dealkylation sites (tertiary alicyclic amines) is 1. The summed E-state index contributed by atoms with van der Waals surface area (Å²) in [5, 5.41) is 9.78. The molecule has 3 nitrogen and oxygen atoms in total. The van der Waals surface area contributed by atoms with Gasteiger partial charge in [0.2, 0.25) is 0 Å². The Labute approximate surface area is 113 Å². The van der Waals surface area contributed by atoms with Crippen molar-refractivity contribution >= 4 is 5.91 Å². The Morgan fingerprint density at radius 3 is 2.89 bits per heavy atom. The van der Waals surface area contributed by atoms with E-state index in [1.54, 1.807) is 24.0 Å². The van der Waals surface area contributed by atoms with Crippen LogP contribution in [0.15, 0.2) is 18.2 Å². The van der Waals surface area contributed by atoms with E-state index in [1.807, 2.05) is 6.92 Å². The second-order valence-corrected chi connectivity index (χ2v) is 5.29. The van der Waals surface area contributed by atoms with Crippen molar-refractivity contribution in [2.45, 2.75) is 45.3 Å². The molecule has 1 amide bonds. The van der Waals surface area contributed by atoms with E-state index in [4.69, 9.17) is 0 Å². The fraction of sp³-hybridized carbons (Fsp3) is 0.533.